The molecule has 1 aliphatic rings. The van der Waals surface area contributed by atoms with Crippen molar-refractivity contribution in [3.63, 3.8) is 0 Å². The van der Waals surface area contributed by atoms with Gasteiger partial charge in [-0.2, -0.15) is 0 Å². The molecule has 1 atom stereocenters. The van der Waals surface area contributed by atoms with E-state index >= 15 is 0 Å². The van der Waals surface area contributed by atoms with Crippen LogP contribution in [0.2, 0.25) is 13.0 Å². The van der Waals surface area contributed by atoms with Crippen LogP contribution in [0.25, 0.3) is 0 Å². The molecule has 1 unspecified atom stereocenters. The molecule has 1 saturated heterocycles. The van der Waals surface area contributed by atoms with Crippen LogP contribution in [0.15, 0.2) is 0 Å². The average Bonchev–Trinajstić information content (AvgIpc) is 1.87. The third-order valence-electron chi connectivity index (χ3n) is 1.96. The number of hydrogen-bond acceptors (Lipinski definition) is 0. The van der Waals surface area contributed by atoms with Crippen LogP contribution >= 0.6 is 0 Å². The summed E-state index contributed by atoms with van der Waals surface area (Å²) < 4.78 is 5.93. The van der Waals surface area contributed by atoms with Crippen molar-refractivity contribution in [1.29, 1.82) is 0 Å². The van der Waals surface area contributed by atoms with Gasteiger partial charge in [-0.15, -0.1) is 0 Å². The van der Waals surface area contributed by atoms with E-state index in [4.69, 9.17) is 0 Å². The Hall–Kier alpha value is 0.870. The molecular weight excluding hydrogens is 187 g/mol. The van der Waals surface area contributed by atoms with Gasteiger partial charge in [-0.1, -0.05) is 0 Å². The zero-order chi connectivity index (χ0) is 5.28. The SMILES string of the molecule is CC1C[CH2][In]([CH3])[CH2]1. The van der Waals surface area contributed by atoms with E-state index in [1.54, 1.807) is 14.8 Å². The van der Waals surface area contributed by atoms with Crippen molar-refractivity contribution >= 4 is 21.4 Å². The van der Waals surface area contributed by atoms with E-state index in [1.165, 1.54) is 0 Å². The second-order valence-corrected chi connectivity index (χ2v) is 12.3. The fraction of sp³-hybridized carbons (Fsp3) is 1.00. The summed E-state index contributed by atoms with van der Waals surface area (Å²) in [5, 5.41) is 0. The van der Waals surface area contributed by atoms with E-state index in [0.717, 1.165) is 5.92 Å². The first-order valence-electron chi connectivity index (χ1n) is 3.29. The molecule has 0 N–H and O–H groups in total. The Balaban J connectivity index is 2.26. The standard InChI is InChI=1S/C5H10.CH3.In/c1-4-5(2)3;;/h5H,1-2,4H2,3H3;1H3;. The van der Waals surface area contributed by atoms with E-state index in [2.05, 4.69) is 11.6 Å². The predicted octanol–water partition coefficient (Wildman–Crippen LogP) is 2.15. The molecular formula is C6H13In. The van der Waals surface area contributed by atoms with Crippen molar-refractivity contribution in [2.24, 2.45) is 5.92 Å². The van der Waals surface area contributed by atoms with Gasteiger partial charge in [0.15, 0.2) is 0 Å². The van der Waals surface area contributed by atoms with Gasteiger partial charge in [0.05, 0.1) is 0 Å². The van der Waals surface area contributed by atoms with E-state index in [-0.39, 0.29) is 0 Å². The van der Waals surface area contributed by atoms with Gasteiger partial charge in [0.1, 0.15) is 0 Å². The summed E-state index contributed by atoms with van der Waals surface area (Å²) in [4.78, 5) is 0. The maximum absolute atomic E-state index is 2.56. The molecule has 0 bridgehead atoms. The molecule has 0 amide bonds. The van der Waals surface area contributed by atoms with Gasteiger partial charge in [-0.3, -0.25) is 0 Å². The quantitative estimate of drug-likeness (QED) is 0.561. The van der Waals surface area contributed by atoms with Crippen molar-refractivity contribution < 1.29 is 0 Å². The van der Waals surface area contributed by atoms with Crippen molar-refractivity contribution in [3.05, 3.63) is 0 Å². The van der Waals surface area contributed by atoms with Crippen molar-refractivity contribution in [2.75, 3.05) is 0 Å². The molecule has 1 fully saturated rings. The summed E-state index contributed by atoms with van der Waals surface area (Å²) in [6.07, 6.45) is 1.57. The summed E-state index contributed by atoms with van der Waals surface area (Å²) in [5.74, 6) is 1.12. The third-order valence-corrected chi connectivity index (χ3v) is 10.3. The monoisotopic (exact) mass is 200 g/mol. The Labute approximate surface area is 53.8 Å². The molecule has 0 saturated carbocycles. The van der Waals surface area contributed by atoms with Gasteiger partial charge in [0.25, 0.3) is 0 Å². The maximum atomic E-state index is 2.56. The Morgan fingerprint density at radius 1 is 1.57 bits per heavy atom. The van der Waals surface area contributed by atoms with Crippen LogP contribution in [0.5, 0.6) is 0 Å². The molecule has 0 aromatic rings. The Morgan fingerprint density at radius 3 is 2.43 bits per heavy atom. The topological polar surface area (TPSA) is 0 Å². The van der Waals surface area contributed by atoms with Crippen molar-refractivity contribution in [2.45, 2.75) is 26.4 Å². The fourth-order valence-electron chi connectivity index (χ4n) is 1.49. The van der Waals surface area contributed by atoms with Crippen LogP contribution in [0.3, 0.4) is 0 Å². The molecule has 1 heterocycles. The molecule has 0 spiro atoms. The van der Waals surface area contributed by atoms with Crippen LogP contribution in [0.1, 0.15) is 13.3 Å². The minimum absolute atomic E-state index is 0.686. The molecule has 1 rings (SSSR count). The first-order valence-corrected chi connectivity index (χ1v) is 11.2. The first-order chi connectivity index (χ1) is 3.29. The number of rotatable bonds is 0. The second kappa shape index (κ2) is 2.43. The van der Waals surface area contributed by atoms with Gasteiger partial charge in [-0.05, 0) is 0 Å². The van der Waals surface area contributed by atoms with Crippen LogP contribution in [0, 0.1) is 5.92 Å². The molecule has 7 heavy (non-hydrogen) atoms. The van der Waals surface area contributed by atoms with Crippen molar-refractivity contribution in [1.82, 2.24) is 0 Å². The Bertz CT molecular complexity index is 53.2. The summed E-state index contributed by atoms with van der Waals surface area (Å²) in [5.41, 5.74) is 0. The number of hydrogen-bond donors (Lipinski definition) is 0. The van der Waals surface area contributed by atoms with Gasteiger partial charge in [-0.25, -0.2) is 0 Å². The fourth-order valence-corrected chi connectivity index (χ4v) is 10.0. The molecule has 40 valence electrons. The molecule has 0 aromatic heterocycles. The summed E-state index contributed by atoms with van der Waals surface area (Å²) in [7, 11) is 0. The van der Waals surface area contributed by atoms with E-state index < -0.39 is 21.4 Å². The van der Waals surface area contributed by atoms with Gasteiger partial charge in [0, 0.05) is 0 Å². The molecule has 0 aromatic carbocycles. The third kappa shape index (κ3) is 1.67. The van der Waals surface area contributed by atoms with E-state index in [9.17, 15) is 0 Å². The van der Waals surface area contributed by atoms with Crippen LogP contribution in [0.4, 0.5) is 0 Å². The molecule has 0 aliphatic carbocycles. The van der Waals surface area contributed by atoms with Crippen molar-refractivity contribution in [3.8, 4) is 0 Å². The minimum atomic E-state index is -0.686. The van der Waals surface area contributed by atoms with E-state index in [1.807, 2.05) is 0 Å². The predicted molar refractivity (Wildman–Crippen MR) is 35.0 cm³/mol. The summed E-state index contributed by atoms with van der Waals surface area (Å²) in [6.45, 7) is 2.40. The average molecular weight is 200 g/mol. The Kier molecular flexibility index (Phi) is 2.08. The van der Waals surface area contributed by atoms with Gasteiger partial charge < -0.3 is 0 Å². The molecule has 1 heteroatoms. The second-order valence-electron chi connectivity index (χ2n) is 3.02. The van der Waals surface area contributed by atoms with Gasteiger partial charge >= 0.3 is 53.7 Å². The zero-order valence-electron chi connectivity index (χ0n) is 5.28. The summed E-state index contributed by atoms with van der Waals surface area (Å²) in [6, 6.07) is 0. The molecule has 0 nitrogen and oxygen atoms in total. The van der Waals surface area contributed by atoms with Gasteiger partial charge in [0.2, 0.25) is 0 Å². The van der Waals surface area contributed by atoms with Crippen LogP contribution in [-0.2, 0) is 0 Å². The summed E-state index contributed by atoms with van der Waals surface area (Å²) >= 11 is -0.686. The first kappa shape index (κ1) is 6.00. The Morgan fingerprint density at radius 2 is 2.29 bits per heavy atom. The normalized spacial score (nSPS) is 31.7. The van der Waals surface area contributed by atoms with Crippen LogP contribution in [-0.4, -0.2) is 21.4 Å². The molecule has 0 radical (unpaired) electrons. The van der Waals surface area contributed by atoms with E-state index in [0.29, 0.717) is 0 Å². The molecule has 1 aliphatic heterocycles. The van der Waals surface area contributed by atoms with Crippen LogP contribution < -0.4 is 0 Å². The zero-order valence-corrected chi connectivity index (χ0v) is 8.57.